The number of hydrogen-bond acceptors (Lipinski definition) is 7. The van der Waals surface area contributed by atoms with Gasteiger partial charge < -0.3 is 15.4 Å². The Balaban J connectivity index is 1.76. The number of nitrogens with zero attached hydrogens (tertiary/aromatic N) is 2. The van der Waals surface area contributed by atoms with Crippen molar-refractivity contribution >= 4 is 34.1 Å². The van der Waals surface area contributed by atoms with Crippen LogP contribution in [0.5, 0.6) is 5.75 Å². The van der Waals surface area contributed by atoms with Crippen LogP contribution in [0, 0.1) is 5.92 Å². The van der Waals surface area contributed by atoms with Crippen LogP contribution >= 0.6 is 23.1 Å². The summed E-state index contributed by atoms with van der Waals surface area (Å²) >= 11 is 2.86. The highest BCUT2D eigenvalue weighted by molar-refractivity contribution is 8.01. The number of aromatic nitrogens is 2. The highest BCUT2D eigenvalue weighted by atomic mass is 32.2. The van der Waals surface area contributed by atoms with Crippen molar-refractivity contribution in [3.8, 4) is 5.75 Å². The average Bonchev–Trinajstić information content (AvgIpc) is 3.06. The Labute approximate surface area is 156 Å². The third-order valence-corrected chi connectivity index (χ3v) is 5.74. The number of hydrogen-bond donors (Lipinski definition) is 2. The molecule has 1 heterocycles. The number of amides is 1. The third kappa shape index (κ3) is 6.55. The number of benzene rings is 1. The molecule has 1 aromatic carbocycles. The first-order valence-corrected chi connectivity index (χ1v) is 9.90. The molecule has 2 aromatic rings. The van der Waals surface area contributed by atoms with Crippen LogP contribution in [0.15, 0.2) is 28.6 Å². The first-order valence-electron chi connectivity index (χ1n) is 8.10. The van der Waals surface area contributed by atoms with Gasteiger partial charge in [-0.1, -0.05) is 49.1 Å². The van der Waals surface area contributed by atoms with E-state index in [0.29, 0.717) is 18.2 Å². The molecule has 2 N–H and O–H groups in total. The minimum atomic E-state index is 0.0224. The fraction of sp³-hybridized carbons (Fsp3) is 0.471. The van der Waals surface area contributed by atoms with E-state index < -0.39 is 0 Å². The summed E-state index contributed by atoms with van der Waals surface area (Å²) in [5.41, 5.74) is 1.13. The zero-order valence-electron chi connectivity index (χ0n) is 14.9. The van der Waals surface area contributed by atoms with Crippen molar-refractivity contribution in [1.29, 1.82) is 0 Å². The van der Waals surface area contributed by atoms with Gasteiger partial charge in [0, 0.05) is 12.6 Å². The van der Waals surface area contributed by atoms with E-state index in [1.54, 1.807) is 7.11 Å². The first-order chi connectivity index (χ1) is 12.0. The van der Waals surface area contributed by atoms with Gasteiger partial charge >= 0.3 is 0 Å². The molecule has 6 nitrogen and oxygen atoms in total. The average molecular weight is 381 g/mol. The molecule has 8 heteroatoms. The maximum atomic E-state index is 11.9. The molecule has 1 amide bonds. The van der Waals surface area contributed by atoms with Gasteiger partial charge in [-0.05, 0) is 30.5 Å². The number of nitrogens with one attached hydrogen (secondary N) is 2. The Morgan fingerprint density at radius 2 is 1.96 bits per heavy atom. The smallest absolute Gasteiger partial charge is 0.230 e. The SMILES string of the molecule is COc1ccc(CNc2nnc(SCC(=O)N[C@@H](C)C(C)C)s2)cc1. The molecule has 1 aromatic heterocycles. The summed E-state index contributed by atoms with van der Waals surface area (Å²) < 4.78 is 5.92. The number of thioether (sulfide) groups is 1. The second-order valence-corrected chi connectivity index (χ2v) is 8.16. The Morgan fingerprint density at radius 1 is 1.24 bits per heavy atom. The monoisotopic (exact) mass is 380 g/mol. The zero-order valence-corrected chi connectivity index (χ0v) is 16.5. The predicted octanol–water partition coefficient (Wildman–Crippen LogP) is 3.41. The molecule has 0 fully saturated rings. The zero-order chi connectivity index (χ0) is 18.2. The van der Waals surface area contributed by atoms with E-state index in [0.717, 1.165) is 20.8 Å². The van der Waals surface area contributed by atoms with Gasteiger partial charge in [0.15, 0.2) is 4.34 Å². The Kier molecular flexibility index (Phi) is 7.52. The number of methoxy groups -OCH3 is 1. The molecule has 0 radical (unpaired) electrons. The van der Waals surface area contributed by atoms with Gasteiger partial charge in [-0.2, -0.15) is 0 Å². The van der Waals surface area contributed by atoms with Gasteiger partial charge in [0.2, 0.25) is 11.0 Å². The summed E-state index contributed by atoms with van der Waals surface area (Å²) in [6.07, 6.45) is 0. The van der Waals surface area contributed by atoms with Crippen LogP contribution in [-0.4, -0.2) is 35.0 Å². The molecule has 25 heavy (non-hydrogen) atoms. The van der Waals surface area contributed by atoms with E-state index in [9.17, 15) is 4.79 Å². The van der Waals surface area contributed by atoms with Gasteiger partial charge in [-0.3, -0.25) is 4.79 Å². The van der Waals surface area contributed by atoms with Crippen LogP contribution in [0.3, 0.4) is 0 Å². The van der Waals surface area contributed by atoms with Crippen molar-refractivity contribution in [1.82, 2.24) is 15.5 Å². The summed E-state index contributed by atoms with van der Waals surface area (Å²) in [5.74, 6) is 1.63. The van der Waals surface area contributed by atoms with Crippen LogP contribution in [0.2, 0.25) is 0 Å². The largest absolute Gasteiger partial charge is 0.497 e. The van der Waals surface area contributed by atoms with Crippen molar-refractivity contribution in [2.45, 2.75) is 37.7 Å². The van der Waals surface area contributed by atoms with Crippen molar-refractivity contribution < 1.29 is 9.53 Å². The number of rotatable bonds is 9. The second-order valence-electron chi connectivity index (χ2n) is 5.96. The maximum Gasteiger partial charge on any atom is 0.230 e. The number of carbonyl (C=O) groups excluding carboxylic acids is 1. The van der Waals surface area contributed by atoms with E-state index in [4.69, 9.17) is 4.74 Å². The van der Waals surface area contributed by atoms with Gasteiger partial charge in [0.25, 0.3) is 0 Å². The fourth-order valence-electron chi connectivity index (χ4n) is 1.85. The first kappa shape index (κ1) is 19.5. The number of carbonyl (C=O) groups is 1. The van der Waals surface area contributed by atoms with Crippen LogP contribution in [-0.2, 0) is 11.3 Å². The highest BCUT2D eigenvalue weighted by Crippen LogP contribution is 2.25. The second kappa shape index (κ2) is 9.62. The summed E-state index contributed by atoms with van der Waals surface area (Å²) in [6, 6.07) is 8.03. The molecule has 0 bridgehead atoms. The van der Waals surface area contributed by atoms with Crippen molar-refractivity contribution in [3.05, 3.63) is 29.8 Å². The molecule has 136 valence electrons. The molecule has 0 aliphatic heterocycles. The topological polar surface area (TPSA) is 76.1 Å². The lowest BCUT2D eigenvalue weighted by atomic mass is 10.1. The quantitative estimate of drug-likeness (QED) is 0.649. The Hall–Kier alpha value is -1.80. The molecule has 0 aliphatic rings. The predicted molar refractivity (Wildman–Crippen MR) is 103 cm³/mol. The van der Waals surface area contributed by atoms with E-state index in [-0.39, 0.29) is 11.9 Å². The normalized spacial score (nSPS) is 12.0. The molecule has 0 saturated carbocycles. The number of anilines is 1. The summed E-state index contributed by atoms with van der Waals surface area (Å²) in [6.45, 7) is 6.85. The minimum Gasteiger partial charge on any atom is -0.497 e. The lowest BCUT2D eigenvalue weighted by Crippen LogP contribution is -2.37. The Bertz CT molecular complexity index is 674. The van der Waals surface area contributed by atoms with Crippen molar-refractivity contribution in [3.63, 3.8) is 0 Å². The van der Waals surface area contributed by atoms with Crippen molar-refractivity contribution in [2.24, 2.45) is 5.92 Å². The van der Waals surface area contributed by atoms with Crippen molar-refractivity contribution in [2.75, 3.05) is 18.2 Å². The van der Waals surface area contributed by atoms with Gasteiger partial charge in [-0.25, -0.2) is 0 Å². The van der Waals surface area contributed by atoms with Gasteiger partial charge in [0.1, 0.15) is 5.75 Å². The molecule has 0 aliphatic carbocycles. The molecule has 2 rings (SSSR count). The lowest BCUT2D eigenvalue weighted by Gasteiger charge is -2.16. The number of ether oxygens (including phenoxy) is 1. The molecule has 1 atom stereocenters. The summed E-state index contributed by atoms with van der Waals surface area (Å²) in [5, 5.41) is 15.2. The molecule has 0 spiro atoms. The highest BCUT2D eigenvalue weighted by Gasteiger charge is 2.12. The molecule has 0 saturated heterocycles. The molecular formula is C17H24N4O2S2. The maximum absolute atomic E-state index is 11.9. The van der Waals surface area contributed by atoms with E-state index in [1.807, 2.05) is 31.2 Å². The molecular weight excluding hydrogens is 356 g/mol. The lowest BCUT2D eigenvalue weighted by molar-refractivity contribution is -0.119. The Morgan fingerprint density at radius 3 is 2.60 bits per heavy atom. The van der Waals surface area contributed by atoms with E-state index >= 15 is 0 Å². The minimum absolute atomic E-state index is 0.0224. The van der Waals surface area contributed by atoms with Crippen LogP contribution < -0.4 is 15.4 Å². The fourth-order valence-corrected chi connectivity index (χ4v) is 3.41. The van der Waals surface area contributed by atoms with Crippen LogP contribution in [0.25, 0.3) is 0 Å². The van der Waals surface area contributed by atoms with Gasteiger partial charge in [-0.15, -0.1) is 10.2 Å². The van der Waals surface area contributed by atoms with Gasteiger partial charge in [0.05, 0.1) is 12.9 Å². The van der Waals surface area contributed by atoms with Crippen LogP contribution in [0.1, 0.15) is 26.3 Å². The van der Waals surface area contributed by atoms with E-state index in [2.05, 4.69) is 34.7 Å². The van der Waals surface area contributed by atoms with E-state index in [1.165, 1.54) is 23.1 Å². The third-order valence-electron chi connectivity index (χ3n) is 3.72. The van der Waals surface area contributed by atoms with Crippen LogP contribution in [0.4, 0.5) is 5.13 Å². The standard InChI is InChI=1S/C17H24N4O2S2/c1-11(2)12(3)19-15(22)10-24-17-21-20-16(25-17)18-9-13-5-7-14(23-4)8-6-13/h5-8,11-12H,9-10H2,1-4H3,(H,18,20)(H,19,22)/t12-/m0/s1. The molecule has 0 unspecified atom stereocenters. The summed E-state index contributed by atoms with van der Waals surface area (Å²) in [7, 11) is 1.65. The summed E-state index contributed by atoms with van der Waals surface area (Å²) in [4.78, 5) is 11.9.